The van der Waals surface area contributed by atoms with Crippen LogP contribution < -0.4 is 0 Å². The third kappa shape index (κ3) is 19.3. The summed E-state index contributed by atoms with van der Waals surface area (Å²) >= 11 is 0. The van der Waals surface area contributed by atoms with Crippen LogP contribution in [0.1, 0.15) is 2.85 Å². The van der Waals surface area contributed by atoms with Gasteiger partial charge in [0.25, 0.3) is 0 Å². The molecule has 3 radical (unpaired) electrons. The zero-order chi connectivity index (χ0) is 0. The molecule has 5 heteroatoms. The van der Waals surface area contributed by atoms with Crippen LogP contribution in [0.3, 0.4) is 0 Å². The maximum Gasteiger partial charge on any atom is 2.00 e. The molecular formula is H5AgAlCuMgMn. The molecule has 5 heavy (non-hydrogen) atoms. The smallest absolute Gasteiger partial charge is 1.00 e. The molecule has 0 rings (SSSR count). The normalized spacial score (nSPS) is 0. The fourth-order valence-electron chi connectivity index (χ4n) is 0. The van der Waals surface area contributed by atoms with Gasteiger partial charge in [-0.15, -0.1) is 0 Å². The second kappa shape index (κ2) is 27.6. The van der Waals surface area contributed by atoms with Crippen LogP contribution in [-0.2, 0) is 56.5 Å². The summed E-state index contributed by atoms with van der Waals surface area (Å²) in [5.41, 5.74) is 0. The van der Waals surface area contributed by atoms with Gasteiger partial charge in [-0.05, 0) is 0 Å². The molecule has 0 N–H and O–H groups in total. The molecule has 0 saturated carbocycles. The van der Waals surface area contributed by atoms with E-state index in [0.29, 0.717) is 0 Å². The van der Waals surface area contributed by atoms with Gasteiger partial charge in [0.2, 0.25) is 0 Å². The Morgan fingerprint density at radius 1 is 1.20 bits per heavy atom. The van der Waals surface area contributed by atoms with Gasteiger partial charge in [0.1, 0.15) is 0 Å². The second-order valence-corrected chi connectivity index (χ2v) is 0. The van der Waals surface area contributed by atoms with Crippen molar-refractivity contribution in [2.24, 2.45) is 0 Å². The minimum absolute atomic E-state index is 0. The van der Waals surface area contributed by atoms with Gasteiger partial charge in [-0.1, -0.05) is 0 Å². The summed E-state index contributed by atoms with van der Waals surface area (Å²) in [5.74, 6) is 0. The van der Waals surface area contributed by atoms with Crippen molar-refractivity contribution in [2.75, 3.05) is 0 Å². The Morgan fingerprint density at radius 3 is 1.20 bits per heavy atom. The molecule has 0 heterocycles. The molecule has 0 spiro atoms. The minimum atomic E-state index is 0. The molecule has 0 aromatic rings. The van der Waals surface area contributed by atoms with E-state index in [1.165, 1.54) is 0 Å². The van der Waals surface area contributed by atoms with Crippen molar-refractivity contribution in [1.82, 2.24) is 0 Å². The van der Waals surface area contributed by atoms with Crippen molar-refractivity contribution in [3.05, 3.63) is 0 Å². The Labute approximate surface area is 98.3 Å². The first-order valence-electron chi connectivity index (χ1n) is 0. The molecule has 0 aliphatic heterocycles. The molecule has 39 valence electrons. The summed E-state index contributed by atoms with van der Waals surface area (Å²) in [6.45, 7) is 0. The molecule has 0 fully saturated rings. The van der Waals surface area contributed by atoms with Crippen LogP contribution in [0.5, 0.6) is 0 Å². The minimum Gasteiger partial charge on any atom is -1.00 e. The first-order valence-corrected chi connectivity index (χ1v) is 0. The molecule has 0 unspecified atom stereocenters. The summed E-state index contributed by atoms with van der Waals surface area (Å²) in [7, 11) is 0. The Bertz CT molecular complexity index is 17.7. The van der Waals surface area contributed by atoms with Crippen molar-refractivity contribution in [1.29, 1.82) is 0 Å². The first-order chi connectivity index (χ1) is 0. The largest absolute Gasteiger partial charge is 2.00 e. The van der Waals surface area contributed by atoms with Gasteiger partial charge in [-0.3, -0.25) is 0 Å². The molecule has 0 aromatic carbocycles. The van der Waals surface area contributed by atoms with Crippen molar-refractivity contribution >= 4 is 40.4 Å². The van der Waals surface area contributed by atoms with E-state index in [-0.39, 0.29) is 99.8 Å². The van der Waals surface area contributed by atoms with Crippen LogP contribution in [0.15, 0.2) is 0 Å². The third-order valence-corrected chi connectivity index (χ3v) is 0. The molecule has 0 nitrogen and oxygen atoms in total. The molecule has 0 aliphatic rings. The van der Waals surface area contributed by atoms with E-state index in [4.69, 9.17) is 0 Å². The van der Waals surface area contributed by atoms with Gasteiger partial charge in [-0.2, -0.15) is 0 Å². The summed E-state index contributed by atoms with van der Waals surface area (Å²) < 4.78 is 0. The Hall–Kier alpha value is 3.08. The zero-order valence-corrected chi connectivity index (χ0v) is 6.71. The number of hydrogen-bond acceptors (Lipinski definition) is 0. The van der Waals surface area contributed by atoms with E-state index >= 15 is 0 Å². The Kier molecular flexibility index (Phi) is 236. The molecule has 0 bridgehead atoms. The fourth-order valence-corrected chi connectivity index (χ4v) is 0. The maximum atomic E-state index is 0. The van der Waals surface area contributed by atoms with Crippen LogP contribution in [0.4, 0.5) is 0 Å². The Morgan fingerprint density at radius 2 is 1.20 bits per heavy atom. The molecule has 0 atom stereocenters. The van der Waals surface area contributed by atoms with Crippen molar-refractivity contribution in [2.45, 2.75) is 0 Å². The van der Waals surface area contributed by atoms with Gasteiger partial charge in [0.15, 0.2) is 17.4 Å². The van der Waals surface area contributed by atoms with Crippen molar-refractivity contribution < 1.29 is 59.4 Å². The van der Waals surface area contributed by atoms with E-state index < -0.39 is 0 Å². The van der Waals surface area contributed by atoms with Crippen LogP contribution in [0, 0.1) is 0 Å². The SMILES string of the molecule is [Ag].[AlH3].[Cu].[H-].[H-].[Mg+2].[Mn]. The Balaban J connectivity index is 0. The molecule has 0 aliphatic carbocycles. The molecule has 0 aromatic heterocycles. The third-order valence-electron chi connectivity index (χ3n) is 0. The summed E-state index contributed by atoms with van der Waals surface area (Å²) in [6.07, 6.45) is 0. The quantitative estimate of drug-likeness (QED) is 0.482. The van der Waals surface area contributed by atoms with E-state index in [2.05, 4.69) is 0 Å². The average molecular weight is 283 g/mol. The van der Waals surface area contributed by atoms with Gasteiger partial charge >= 0.3 is 23.1 Å². The van der Waals surface area contributed by atoms with Gasteiger partial charge in [-0.25, -0.2) is 0 Å². The van der Waals surface area contributed by atoms with E-state index in [0.717, 1.165) is 0 Å². The van der Waals surface area contributed by atoms with Gasteiger partial charge < -0.3 is 2.85 Å². The van der Waals surface area contributed by atoms with Crippen molar-refractivity contribution in [3.63, 3.8) is 0 Å². The van der Waals surface area contributed by atoms with Crippen LogP contribution in [0.2, 0.25) is 0 Å². The predicted octanol–water partition coefficient (Wildman–Crippen LogP) is -1.35. The topological polar surface area (TPSA) is 0 Å². The summed E-state index contributed by atoms with van der Waals surface area (Å²) in [5, 5.41) is 0. The number of rotatable bonds is 0. The predicted molar refractivity (Wildman–Crippen MR) is 17.9 cm³/mol. The summed E-state index contributed by atoms with van der Waals surface area (Å²) in [6, 6.07) is 0. The monoisotopic (exact) mass is 281 g/mol. The summed E-state index contributed by atoms with van der Waals surface area (Å²) in [4.78, 5) is 0. The fraction of sp³-hybridized carbons (Fsp3) is 0. The number of hydrogen-bond donors (Lipinski definition) is 0. The average Bonchev–Trinajstić information content (AvgIpc) is 0. The van der Waals surface area contributed by atoms with Crippen LogP contribution >= 0.6 is 0 Å². The standard InChI is InChI=1S/Ag.Al.Cu.Mg.Mn.5H/q;;;+2;;;;;2*-1. The zero-order valence-electron chi connectivity index (χ0n) is 3.69. The van der Waals surface area contributed by atoms with Crippen molar-refractivity contribution in [3.8, 4) is 0 Å². The van der Waals surface area contributed by atoms with E-state index in [1.807, 2.05) is 0 Å². The molecule has 0 saturated heterocycles. The maximum absolute atomic E-state index is 0. The van der Waals surface area contributed by atoms with Gasteiger partial charge in [0, 0.05) is 56.5 Å². The van der Waals surface area contributed by atoms with Crippen LogP contribution in [-0.4, -0.2) is 40.4 Å². The van der Waals surface area contributed by atoms with E-state index in [9.17, 15) is 0 Å². The molecule has 0 amide bonds. The van der Waals surface area contributed by atoms with E-state index in [1.54, 1.807) is 0 Å². The first kappa shape index (κ1) is 42.7. The second-order valence-electron chi connectivity index (χ2n) is 0. The van der Waals surface area contributed by atoms with Crippen LogP contribution in [0.25, 0.3) is 0 Å². The molecular weight excluding hydrogens is 278 g/mol. The van der Waals surface area contributed by atoms with Gasteiger partial charge in [0.05, 0.1) is 0 Å².